The van der Waals surface area contributed by atoms with E-state index in [0.717, 1.165) is 24.8 Å². The fourth-order valence-corrected chi connectivity index (χ4v) is 3.07. The van der Waals surface area contributed by atoms with Crippen molar-refractivity contribution in [2.75, 3.05) is 6.54 Å². The summed E-state index contributed by atoms with van der Waals surface area (Å²) < 4.78 is 0. The monoisotopic (exact) mass is 253 g/mol. The third-order valence-electron chi connectivity index (χ3n) is 3.59. The first-order chi connectivity index (χ1) is 8.18. The van der Waals surface area contributed by atoms with E-state index in [4.69, 9.17) is 0 Å². The highest BCUT2D eigenvalue weighted by Crippen LogP contribution is 2.25. The Balaban J connectivity index is 1.81. The second kappa shape index (κ2) is 5.65. The van der Waals surface area contributed by atoms with E-state index in [-0.39, 0.29) is 23.8 Å². The molecule has 0 aromatic carbocycles. The molecule has 3 atom stereocenters. The number of aliphatic hydroxyl groups is 1. The van der Waals surface area contributed by atoms with Gasteiger partial charge in [-0.3, -0.25) is 4.79 Å². The van der Waals surface area contributed by atoms with Crippen molar-refractivity contribution in [2.24, 2.45) is 5.92 Å². The molecule has 17 heavy (non-hydrogen) atoms. The van der Waals surface area contributed by atoms with E-state index in [1.807, 2.05) is 23.8 Å². The number of thiophene rings is 1. The van der Waals surface area contributed by atoms with Crippen LogP contribution in [0.3, 0.4) is 0 Å². The van der Waals surface area contributed by atoms with Crippen LogP contribution in [0.5, 0.6) is 0 Å². The summed E-state index contributed by atoms with van der Waals surface area (Å²) >= 11 is 1.61. The van der Waals surface area contributed by atoms with Crippen LogP contribution < -0.4 is 5.32 Å². The third kappa shape index (κ3) is 3.07. The van der Waals surface area contributed by atoms with Crippen LogP contribution in [-0.2, 0) is 4.79 Å². The fourth-order valence-electron chi connectivity index (χ4n) is 2.31. The Morgan fingerprint density at radius 1 is 1.65 bits per heavy atom. The van der Waals surface area contributed by atoms with Crippen LogP contribution in [0.25, 0.3) is 0 Å². The van der Waals surface area contributed by atoms with Crippen molar-refractivity contribution in [1.82, 2.24) is 5.32 Å². The molecule has 1 aromatic rings. The molecule has 94 valence electrons. The Labute approximate surface area is 106 Å². The Kier molecular flexibility index (Phi) is 4.18. The summed E-state index contributed by atoms with van der Waals surface area (Å²) in [7, 11) is 0. The average molecular weight is 253 g/mol. The predicted octanol–water partition coefficient (Wildman–Crippen LogP) is 2.13. The van der Waals surface area contributed by atoms with Gasteiger partial charge in [-0.25, -0.2) is 0 Å². The molecule has 0 saturated heterocycles. The highest BCUT2D eigenvalue weighted by molar-refractivity contribution is 7.08. The number of carbonyl (C=O) groups is 1. The summed E-state index contributed by atoms with van der Waals surface area (Å²) in [6.07, 6.45) is 2.74. The summed E-state index contributed by atoms with van der Waals surface area (Å²) in [5.74, 6) is 0.205. The van der Waals surface area contributed by atoms with E-state index >= 15 is 0 Å². The molecule has 0 spiro atoms. The molecule has 2 N–H and O–H groups in total. The number of nitrogens with one attached hydrogen (secondary N) is 1. The molecule has 4 heteroatoms. The van der Waals surface area contributed by atoms with Gasteiger partial charge in [0.05, 0.1) is 12.0 Å². The number of amides is 1. The van der Waals surface area contributed by atoms with Gasteiger partial charge in [-0.1, -0.05) is 6.42 Å². The summed E-state index contributed by atoms with van der Waals surface area (Å²) in [5, 5.41) is 16.6. The standard InChI is InChI=1S/C13H19NO2S/c1-9(11-5-6-17-8-11)13(16)14-7-10-3-2-4-12(10)15/h5-6,8-10,12,15H,2-4,7H2,1H3,(H,14,16). The molecule has 0 radical (unpaired) electrons. The highest BCUT2D eigenvalue weighted by Gasteiger charge is 2.26. The lowest BCUT2D eigenvalue weighted by Crippen LogP contribution is -2.34. The first-order valence-corrected chi connectivity index (χ1v) is 7.10. The van der Waals surface area contributed by atoms with Crippen molar-refractivity contribution in [3.63, 3.8) is 0 Å². The van der Waals surface area contributed by atoms with Crippen molar-refractivity contribution < 1.29 is 9.90 Å². The van der Waals surface area contributed by atoms with Gasteiger partial charge >= 0.3 is 0 Å². The SMILES string of the molecule is CC(C(=O)NCC1CCCC1O)c1ccsc1. The van der Waals surface area contributed by atoms with Crippen LogP contribution in [-0.4, -0.2) is 23.7 Å². The van der Waals surface area contributed by atoms with E-state index < -0.39 is 0 Å². The number of rotatable bonds is 4. The zero-order valence-corrected chi connectivity index (χ0v) is 10.9. The molecular weight excluding hydrogens is 234 g/mol. The summed E-state index contributed by atoms with van der Waals surface area (Å²) in [6, 6.07) is 1.99. The van der Waals surface area contributed by atoms with E-state index in [2.05, 4.69) is 5.32 Å². The third-order valence-corrected chi connectivity index (χ3v) is 4.30. The number of hydrogen-bond acceptors (Lipinski definition) is 3. The van der Waals surface area contributed by atoms with E-state index in [1.54, 1.807) is 11.3 Å². The van der Waals surface area contributed by atoms with Crippen molar-refractivity contribution in [3.05, 3.63) is 22.4 Å². The molecule has 0 aliphatic heterocycles. The minimum absolute atomic E-state index is 0.0579. The topological polar surface area (TPSA) is 49.3 Å². The highest BCUT2D eigenvalue weighted by atomic mass is 32.1. The lowest BCUT2D eigenvalue weighted by molar-refractivity contribution is -0.122. The molecule has 2 rings (SSSR count). The predicted molar refractivity (Wildman–Crippen MR) is 69.1 cm³/mol. The van der Waals surface area contributed by atoms with Gasteiger partial charge in [0.15, 0.2) is 0 Å². The zero-order valence-electron chi connectivity index (χ0n) is 10.1. The summed E-state index contributed by atoms with van der Waals surface area (Å²) in [6.45, 7) is 2.52. The Hall–Kier alpha value is -0.870. The smallest absolute Gasteiger partial charge is 0.227 e. The van der Waals surface area contributed by atoms with Gasteiger partial charge in [0.1, 0.15) is 0 Å². The van der Waals surface area contributed by atoms with Gasteiger partial charge < -0.3 is 10.4 Å². The molecule has 3 unspecified atom stereocenters. The van der Waals surface area contributed by atoms with Crippen molar-refractivity contribution in [1.29, 1.82) is 0 Å². The maximum atomic E-state index is 11.9. The summed E-state index contributed by atoms with van der Waals surface area (Å²) in [4.78, 5) is 11.9. The van der Waals surface area contributed by atoms with E-state index in [1.165, 1.54) is 0 Å². The van der Waals surface area contributed by atoms with E-state index in [0.29, 0.717) is 6.54 Å². The van der Waals surface area contributed by atoms with Crippen LogP contribution >= 0.6 is 11.3 Å². The molecule has 1 fully saturated rings. The van der Waals surface area contributed by atoms with Crippen LogP contribution in [0.4, 0.5) is 0 Å². The van der Waals surface area contributed by atoms with Crippen LogP contribution in [0.1, 0.15) is 37.7 Å². The normalized spacial score (nSPS) is 25.8. The zero-order chi connectivity index (χ0) is 12.3. The summed E-state index contributed by atoms with van der Waals surface area (Å²) in [5.41, 5.74) is 1.07. The number of hydrogen-bond donors (Lipinski definition) is 2. The van der Waals surface area contributed by atoms with Gasteiger partial charge in [-0.15, -0.1) is 0 Å². The lowest BCUT2D eigenvalue weighted by Gasteiger charge is -2.17. The quantitative estimate of drug-likeness (QED) is 0.863. The first-order valence-electron chi connectivity index (χ1n) is 6.16. The van der Waals surface area contributed by atoms with Crippen LogP contribution in [0.2, 0.25) is 0 Å². The largest absolute Gasteiger partial charge is 0.393 e. The second-order valence-corrected chi connectivity index (χ2v) is 5.56. The number of carbonyl (C=O) groups excluding carboxylic acids is 1. The molecule has 3 nitrogen and oxygen atoms in total. The van der Waals surface area contributed by atoms with Gasteiger partial charge in [0, 0.05) is 12.5 Å². The van der Waals surface area contributed by atoms with Gasteiger partial charge in [0.25, 0.3) is 0 Å². The maximum Gasteiger partial charge on any atom is 0.227 e. The minimum atomic E-state index is -0.230. The minimum Gasteiger partial charge on any atom is -0.393 e. The molecule has 1 aliphatic rings. The Bertz CT molecular complexity index is 364. The van der Waals surface area contributed by atoms with Gasteiger partial charge in [0.2, 0.25) is 5.91 Å². The van der Waals surface area contributed by atoms with Crippen molar-refractivity contribution in [2.45, 2.75) is 38.2 Å². The molecule has 0 bridgehead atoms. The Morgan fingerprint density at radius 2 is 2.47 bits per heavy atom. The number of aliphatic hydroxyl groups excluding tert-OH is 1. The fraction of sp³-hybridized carbons (Fsp3) is 0.615. The maximum absolute atomic E-state index is 11.9. The molecule has 1 amide bonds. The molecule has 1 heterocycles. The second-order valence-electron chi connectivity index (χ2n) is 4.78. The first kappa shape index (κ1) is 12.6. The average Bonchev–Trinajstić information content (AvgIpc) is 2.96. The van der Waals surface area contributed by atoms with Crippen LogP contribution in [0, 0.1) is 5.92 Å². The molecule has 1 aromatic heterocycles. The van der Waals surface area contributed by atoms with E-state index in [9.17, 15) is 9.90 Å². The molecular formula is C13H19NO2S. The molecule has 1 saturated carbocycles. The van der Waals surface area contributed by atoms with Gasteiger partial charge in [-0.05, 0) is 42.2 Å². The van der Waals surface area contributed by atoms with Gasteiger partial charge in [-0.2, -0.15) is 11.3 Å². The van der Waals surface area contributed by atoms with Crippen molar-refractivity contribution >= 4 is 17.2 Å². The molecule has 1 aliphatic carbocycles. The lowest BCUT2D eigenvalue weighted by atomic mass is 10.0. The Morgan fingerprint density at radius 3 is 3.06 bits per heavy atom. The van der Waals surface area contributed by atoms with Crippen LogP contribution in [0.15, 0.2) is 16.8 Å². The van der Waals surface area contributed by atoms with Crippen molar-refractivity contribution in [3.8, 4) is 0 Å².